The molecule has 3 nitrogen and oxygen atoms in total. The fraction of sp³-hybridized carbons (Fsp3) is 0.818. The molecule has 15 heavy (non-hydrogen) atoms. The normalized spacial score (nSPS) is 14.2. The molecule has 88 valence electrons. The zero-order valence-corrected chi connectivity index (χ0v) is 11.1. The van der Waals surface area contributed by atoms with Crippen LogP contribution < -0.4 is 5.32 Å². The van der Waals surface area contributed by atoms with Gasteiger partial charge in [-0.1, -0.05) is 20.8 Å². The number of thioether (sulfide) groups is 1. The number of carbonyl (C=O) groups excluding carboxylic acids is 1. The molecule has 1 amide bonds. The lowest BCUT2D eigenvalue weighted by molar-refractivity contribution is -0.121. The van der Waals surface area contributed by atoms with Crippen molar-refractivity contribution >= 4 is 23.9 Å². The molecule has 0 aromatic rings. The summed E-state index contributed by atoms with van der Waals surface area (Å²) < 4.78 is 0. The molecule has 0 saturated heterocycles. The van der Waals surface area contributed by atoms with Gasteiger partial charge < -0.3 is 5.32 Å². The molecule has 0 bridgehead atoms. The summed E-state index contributed by atoms with van der Waals surface area (Å²) in [5.41, 5.74) is 0.0334. The number of hydrogen-bond donors (Lipinski definition) is 1. The summed E-state index contributed by atoms with van der Waals surface area (Å²) in [6, 6.07) is -0.235. The first kappa shape index (κ1) is 14.5. The van der Waals surface area contributed by atoms with Gasteiger partial charge in [-0.25, -0.2) is 0 Å². The van der Waals surface area contributed by atoms with E-state index >= 15 is 0 Å². The van der Waals surface area contributed by atoms with Crippen LogP contribution in [0.3, 0.4) is 0 Å². The molecular weight excluding hydrogens is 208 g/mol. The third-order valence-corrected chi connectivity index (χ3v) is 2.43. The highest BCUT2D eigenvalue weighted by Crippen LogP contribution is 2.11. The Balaban J connectivity index is 4.37. The number of nitrogens with zero attached hydrogens (tertiary/aromatic N) is 1. The molecule has 1 N–H and O–H groups in total. The van der Waals surface area contributed by atoms with Crippen LogP contribution in [0.25, 0.3) is 0 Å². The average Bonchev–Trinajstić information content (AvgIpc) is 2.15. The number of nitrogens with one attached hydrogen (secondary N) is 1. The Hall–Kier alpha value is -0.510. The van der Waals surface area contributed by atoms with Crippen LogP contribution in [0.1, 0.15) is 27.2 Å². The molecule has 0 heterocycles. The lowest BCUT2D eigenvalue weighted by Gasteiger charge is -2.14. The van der Waals surface area contributed by atoms with Crippen LogP contribution in [0.4, 0.5) is 0 Å². The number of carbonyl (C=O) groups is 1. The van der Waals surface area contributed by atoms with Crippen molar-refractivity contribution in [2.24, 2.45) is 10.4 Å². The Morgan fingerprint density at radius 2 is 2.13 bits per heavy atom. The van der Waals surface area contributed by atoms with Gasteiger partial charge in [0.15, 0.2) is 0 Å². The van der Waals surface area contributed by atoms with Gasteiger partial charge in [-0.15, -0.1) is 0 Å². The lowest BCUT2D eigenvalue weighted by Crippen LogP contribution is -2.31. The predicted octanol–water partition coefficient (Wildman–Crippen LogP) is 1.97. The molecular formula is C11H22N2OS. The van der Waals surface area contributed by atoms with Crippen LogP contribution in [0, 0.1) is 5.41 Å². The summed E-state index contributed by atoms with van der Waals surface area (Å²) in [6.07, 6.45) is 4.70. The second kappa shape index (κ2) is 6.88. The van der Waals surface area contributed by atoms with Gasteiger partial charge in [0.05, 0.1) is 0 Å². The Morgan fingerprint density at radius 3 is 2.53 bits per heavy atom. The molecule has 4 heteroatoms. The van der Waals surface area contributed by atoms with Crippen LogP contribution in [-0.2, 0) is 4.79 Å². The molecule has 0 spiro atoms. The van der Waals surface area contributed by atoms with E-state index in [2.05, 4.69) is 31.1 Å². The Bertz CT molecular complexity index is 221. The molecule has 0 fully saturated rings. The maximum Gasteiger partial charge on any atom is 0.244 e. The van der Waals surface area contributed by atoms with Crippen molar-refractivity contribution in [1.29, 1.82) is 0 Å². The summed E-state index contributed by atoms with van der Waals surface area (Å²) in [5.74, 6) is 0.962. The van der Waals surface area contributed by atoms with Crippen molar-refractivity contribution in [3.8, 4) is 0 Å². The third kappa shape index (κ3) is 7.42. The first-order valence-electron chi connectivity index (χ1n) is 5.15. The van der Waals surface area contributed by atoms with Gasteiger partial charge in [0.2, 0.25) is 5.91 Å². The van der Waals surface area contributed by atoms with E-state index in [1.807, 2.05) is 12.5 Å². The molecule has 0 aliphatic carbocycles. The molecule has 0 saturated carbocycles. The maximum atomic E-state index is 11.5. The van der Waals surface area contributed by atoms with E-state index in [0.717, 1.165) is 12.2 Å². The molecule has 1 atom stereocenters. The molecule has 0 aliphatic rings. The second-order valence-corrected chi connectivity index (χ2v) is 5.54. The van der Waals surface area contributed by atoms with Crippen LogP contribution in [0.5, 0.6) is 0 Å². The first-order chi connectivity index (χ1) is 6.90. The van der Waals surface area contributed by atoms with E-state index < -0.39 is 0 Å². The van der Waals surface area contributed by atoms with Crippen molar-refractivity contribution in [3.63, 3.8) is 0 Å². The third-order valence-electron chi connectivity index (χ3n) is 1.79. The number of hydrogen-bond acceptors (Lipinski definition) is 3. The second-order valence-electron chi connectivity index (χ2n) is 4.56. The van der Waals surface area contributed by atoms with Gasteiger partial charge in [0, 0.05) is 13.3 Å². The summed E-state index contributed by atoms with van der Waals surface area (Å²) in [4.78, 5) is 15.9. The molecule has 0 aromatic carbocycles. The number of rotatable bonds is 5. The van der Waals surface area contributed by atoms with E-state index in [-0.39, 0.29) is 17.4 Å². The molecule has 0 unspecified atom stereocenters. The monoisotopic (exact) mass is 230 g/mol. The predicted molar refractivity (Wildman–Crippen MR) is 68.8 cm³/mol. The highest BCUT2D eigenvalue weighted by Gasteiger charge is 2.15. The van der Waals surface area contributed by atoms with Gasteiger partial charge in [-0.05, 0) is 23.8 Å². The van der Waals surface area contributed by atoms with E-state index in [0.29, 0.717) is 0 Å². The van der Waals surface area contributed by atoms with Gasteiger partial charge in [0.1, 0.15) is 6.04 Å². The Labute approximate surface area is 97.1 Å². The smallest absolute Gasteiger partial charge is 0.244 e. The van der Waals surface area contributed by atoms with Crippen LogP contribution in [0.2, 0.25) is 0 Å². The van der Waals surface area contributed by atoms with Crippen LogP contribution in [0.15, 0.2) is 4.99 Å². The molecule has 0 aliphatic heterocycles. The summed E-state index contributed by atoms with van der Waals surface area (Å²) in [5, 5.41) is 2.65. The van der Waals surface area contributed by atoms with E-state index in [1.54, 1.807) is 18.8 Å². The number of aliphatic imine (C=N–C) groups is 1. The topological polar surface area (TPSA) is 41.5 Å². The molecule has 0 radical (unpaired) electrons. The molecule has 0 aromatic heterocycles. The van der Waals surface area contributed by atoms with Crippen molar-refractivity contribution in [2.75, 3.05) is 19.1 Å². The SMILES string of the molecule is CNC(=O)[C@H](CCSC)N=CC(C)(C)C. The maximum absolute atomic E-state index is 11.5. The van der Waals surface area contributed by atoms with Gasteiger partial charge in [0.25, 0.3) is 0 Å². The summed E-state index contributed by atoms with van der Waals surface area (Å²) in [7, 11) is 1.65. The Kier molecular flexibility index (Phi) is 6.65. The largest absolute Gasteiger partial charge is 0.357 e. The Morgan fingerprint density at radius 1 is 1.53 bits per heavy atom. The fourth-order valence-electron chi connectivity index (χ4n) is 0.983. The standard InChI is InChI=1S/C11H22N2OS/c1-11(2,3)8-13-9(6-7-15-5)10(14)12-4/h8-9H,6-7H2,1-5H3,(H,12,14)/t9-/m0/s1. The van der Waals surface area contributed by atoms with Crippen LogP contribution >= 0.6 is 11.8 Å². The highest BCUT2D eigenvalue weighted by atomic mass is 32.2. The zero-order chi connectivity index (χ0) is 11.9. The van der Waals surface area contributed by atoms with Crippen molar-refractivity contribution in [1.82, 2.24) is 5.32 Å². The van der Waals surface area contributed by atoms with E-state index in [4.69, 9.17) is 0 Å². The van der Waals surface area contributed by atoms with Gasteiger partial charge in [-0.2, -0.15) is 11.8 Å². The minimum Gasteiger partial charge on any atom is -0.357 e. The lowest BCUT2D eigenvalue weighted by atomic mass is 9.99. The van der Waals surface area contributed by atoms with Gasteiger partial charge in [-0.3, -0.25) is 9.79 Å². The number of amides is 1. The fourth-order valence-corrected chi connectivity index (χ4v) is 1.44. The minimum absolute atomic E-state index is 0.00421. The van der Waals surface area contributed by atoms with Crippen molar-refractivity contribution < 1.29 is 4.79 Å². The van der Waals surface area contributed by atoms with Gasteiger partial charge >= 0.3 is 0 Å². The molecule has 0 rings (SSSR count). The van der Waals surface area contributed by atoms with Crippen LogP contribution in [-0.4, -0.2) is 37.2 Å². The van der Waals surface area contributed by atoms with Crippen molar-refractivity contribution in [3.05, 3.63) is 0 Å². The van der Waals surface area contributed by atoms with E-state index in [1.165, 1.54) is 0 Å². The number of likely N-dealkylation sites (N-methyl/N-ethyl adjacent to an activating group) is 1. The van der Waals surface area contributed by atoms with Crippen molar-refractivity contribution in [2.45, 2.75) is 33.2 Å². The summed E-state index contributed by atoms with van der Waals surface area (Å²) in [6.45, 7) is 6.23. The summed E-state index contributed by atoms with van der Waals surface area (Å²) >= 11 is 1.74. The quantitative estimate of drug-likeness (QED) is 0.734. The first-order valence-corrected chi connectivity index (χ1v) is 6.55. The highest BCUT2D eigenvalue weighted by molar-refractivity contribution is 7.98. The van der Waals surface area contributed by atoms with E-state index in [9.17, 15) is 4.79 Å². The zero-order valence-electron chi connectivity index (χ0n) is 10.3. The minimum atomic E-state index is -0.235. The average molecular weight is 230 g/mol.